The van der Waals surface area contributed by atoms with Crippen molar-refractivity contribution in [3.8, 4) is 27.9 Å². The first-order valence-corrected chi connectivity index (χ1v) is 21.9. The molecular weight excluding hydrogens is 743 g/mol. The van der Waals surface area contributed by atoms with Crippen molar-refractivity contribution >= 4 is 86.5 Å². The maximum Gasteiger partial charge on any atom is 0.0709 e. The van der Waals surface area contributed by atoms with Gasteiger partial charge >= 0.3 is 0 Å². The van der Waals surface area contributed by atoms with E-state index in [-0.39, 0.29) is 16.7 Å². The summed E-state index contributed by atoms with van der Waals surface area (Å²) in [5, 5.41) is 7.79. The Morgan fingerprint density at radius 2 is 1.19 bits per heavy atom. The van der Waals surface area contributed by atoms with E-state index in [1.54, 1.807) is 0 Å². The lowest BCUT2D eigenvalue weighted by molar-refractivity contribution is 0.618. The fourth-order valence-electron chi connectivity index (χ4n) is 11.4. The van der Waals surface area contributed by atoms with E-state index in [4.69, 9.17) is 9.97 Å². The Morgan fingerprint density at radius 1 is 0.534 bits per heavy atom. The molecule has 0 saturated carbocycles. The molecule has 11 aromatic rings. The van der Waals surface area contributed by atoms with Crippen molar-refractivity contribution in [1.29, 1.82) is 0 Å². The van der Waals surface area contributed by atoms with Crippen molar-refractivity contribution in [2.45, 2.75) is 44.4 Å². The molecule has 6 heterocycles. The molecule has 0 N–H and O–H groups in total. The number of nitrogens with zero attached hydrogens (tertiary/aromatic N) is 3. The Bertz CT molecular complexity index is 3700. The highest BCUT2D eigenvalue weighted by Crippen LogP contribution is 2.62. The molecule has 14 rings (SSSR count). The Balaban J connectivity index is 1.00. The van der Waals surface area contributed by atoms with Crippen molar-refractivity contribution in [3.05, 3.63) is 171 Å². The molecule has 0 radical (unpaired) electrons. The molecule has 5 heteroatoms. The van der Waals surface area contributed by atoms with Gasteiger partial charge in [-0.3, -0.25) is 9.97 Å². The van der Waals surface area contributed by atoms with Gasteiger partial charge in [0.1, 0.15) is 0 Å². The minimum absolute atomic E-state index is 0.104. The van der Waals surface area contributed by atoms with Gasteiger partial charge in [0.25, 0.3) is 0 Å². The van der Waals surface area contributed by atoms with Crippen LogP contribution in [0, 0.1) is 0 Å². The van der Waals surface area contributed by atoms with Crippen molar-refractivity contribution in [2.24, 2.45) is 0 Å². The number of benzene rings is 6. The Hall–Kier alpha value is -6.14. The molecule has 5 aromatic heterocycles. The first kappa shape index (κ1) is 31.9. The normalized spacial score (nSPS) is 16.7. The van der Waals surface area contributed by atoms with E-state index < -0.39 is 0 Å². The zero-order chi connectivity index (χ0) is 38.4. The SMILES string of the molecule is CC1(C)c2cccc3c2C(c2ccc(-c4ccc5c(c4)c4cccc6c4n5-c4c(sc5ccc7ncccc7c45)C6(C)C)cc2-3)c2c1sc1ccc3ncccc3c21. The number of para-hydroxylation sites is 1. The summed E-state index contributed by atoms with van der Waals surface area (Å²) >= 11 is 3.92. The fourth-order valence-corrected chi connectivity index (χ4v) is 14.1. The Labute approximate surface area is 342 Å². The lowest BCUT2D eigenvalue weighted by Crippen LogP contribution is -2.27. The lowest BCUT2D eigenvalue weighted by Gasteiger charge is -2.36. The minimum Gasteiger partial charge on any atom is -0.307 e. The molecule has 1 aliphatic heterocycles. The molecule has 1 unspecified atom stereocenters. The molecule has 0 bridgehead atoms. The number of aromatic nitrogens is 3. The average molecular weight is 778 g/mol. The summed E-state index contributed by atoms with van der Waals surface area (Å²) in [5.74, 6) is 0.197. The molecular formula is C53H35N3S2. The standard InChI is InChI=1S/C53H35N3S2/c1-52(2)36-13-5-9-29-34-25-27(15-17-30(34)46(43(29)36)47-44-32-11-7-23-54-38(32)18-21-41(44)57-50(47)52)28-16-20-40-35(26-28)31-10-6-14-37-48(31)56(40)49-45-33-12-8-24-55-39(33)19-22-42(45)58-51(49)53(37,3)4/h5-26,46H,1-4H3. The van der Waals surface area contributed by atoms with Crippen LogP contribution in [-0.2, 0) is 10.8 Å². The van der Waals surface area contributed by atoms with Crippen LogP contribution in [0.1, 0.15) is 71.2 Å². The second-order valence-electron chi connectivity index (χ2n) is 17.7. The van der Waals surface area contributed by atoms with Gasteiger partial charge in [0.15, 0.2) is 0 Å². The number of rotatable bonds is 1. The highest BCUT2D eigenvalue weighted by Gasteiger charge is 2.46. The van der Waals surface area contributed by atoms with Gasteiger partial charge in [0.2, 0.25) is 0 Å². The molecule has 58 heavy (non-hydrogen) atoms. The number of fused-ring (bicyclic) bond motifs is 18. The molecule has 3 aliphatic rings. The van der Waals surface area contributed by atoms with Crippen molar-refractivity contribution in [2.75, 3.05) is 0 Å². The van der Waals surface area contributed by atoms with Gasteiger partial charge in [-0.1, -0.05) is 94.4 Å². The van der Waals surface area contributed by atoms with Crippen molar-refractivity contribution < 1.29 is 0 Å². The maximum absolute atomic E-state index is 4.79. The van der Waals surface area contributed by atoms with Crippen LogP contribution < -0.4 is 0 Å². The molecule has 0 saturated heterocycles. The topological polar surface area (TPSA) is 30.7 Å². The fraction of sp³-hybridized carbons (Fsp3) is 0.132. The van der Waals surface area contributed by atoms with Crippen LogP contribution in [0.3, 0.4) is 0 Å². The summed E-state index contributed by atoms with van der Waals surface area (Å²) in [6, 6.07) is 46.1. The van der Waals surface area contributed by atoms with Crippen LogP contribution >= 0.6 is 22.7 Å². The molecule has 0 amide bonds. The van der Waals surface area contributed by atoms with E-state index in [1.165, 1.54) is 118 Å². The third-order valence-electron chi connectivity index (χ3n) is 14.0. The van der Waals surface area contributed by atoms with E-state index >= 15 is 0 Å². The number of thiophene rings is 2. The van der Waals surface area contributed by atoms with E-state index in [2.05, 4.69) is 154 Å². The van der Waals surface area contributed by atoms with Gasteiger partial charge in [-0.2, -0.15) is 0 Å². The highest BCUT2D eigenvalue weighted by molar-refractivity contribution is 7.20. The average Bonchev–Trinajstić information content (AvgIpc) is 4.01. The maximum atomic E-state index is 4.79. The van der Waals surface area contributed by atoms with E-state index in [9.17, 15) is 0 Å². The number of pyridine rings is 2. The van der Waals surface area contributed by atoms with E-state index in [1.807, 2.05) is 35.1 Å². The Kier molecular flexibility index (Phi) is 5.76. The summed E-state index contributed by atoms with van der Waals surface area (Å²) < 4.78 is 5.26. The first-order valence-electron chi connectivity index (χ1n) is 20.3. The molecule has 1 atom stereocenters. The van der Waals surface area contributed by atoms with Crippen LogP contribution in [0.4, 0.5) is 0 Å². The molecule has 274 valence electrons. The summed E-state index contributed by atoms with van der Waals surface area (Å²) in [6.07, 6.45) is 3.82. The predicted molar refractivity (Wildman–Crippen MR) is 245 cm³/mol. The largest absolute Gasteiger partial charge is 0.307 e. The smallest absolute Gasteiger partial charge is 0.0709 e. The van der Waals surface area contributed by atoms with Gasteiger partial charge in [-0.25, -0.2) is 0 Å². The van der Waals surface area contributed by atoms with Crippen LogP contribution in [0.2, 0.25) is 0 Å². The first-order chi connectivity index (χ1) is 28.3. The summed E-state index contributed by atoms with van der Waals surface area (Å²) in [7, 11) is 0. The number of hydrogen-bond acceptors (Lipinski definition) is 4. The quantitative estimate of drug-likeness (QED) is 0.166. The second-order valence-corrected chi connectivity index (χ2v) is 19.8. The zero-order valence-corrected chi connectivity index (χ0v) is 34.1. The van der Waals surface area contributed by atoms with Gasteiger partial charge in [-0.15, -0.1) is 22.7 Å². The molecule has 2 aliphatic carbocycles. The van der Waals surface area contributed by atoms with Gasteiger partial charge in [0, 0.05) is 80.6 Å². The summed E-state index contributed by atoms with van der Waals surface area (Å²) in [6.45, 7) is 9.67. The third kappa shape index (κ3) is 3.68. The second kappa shape index (κ2) is 10.5. The van der Waals surface area contributed by atoms with Crippen molar-refractivity contribution in [1.82, 2.24) is 14.5 Å². The molecule has 0 spiro atoms. The van der Waals surface area contributed by atoms with Crippen molar-refractivity contribution in [3.63, 3.8) is 0 Å². The van der Waals surface area contributed by atoms with Crippen LogP contribution in [0.15, 0.2) is 134 Å². The summed E-state index contributed by atoms with van der Waals surface area (Å²) in [5.41, 5.74) is 18.2. The van der Waals surface area contributed by atoms with Crippen LogP contribution in [0.25, 0.3) is 91.7 Å². The minimum atomic E-state index is -0.141. The van der Waals surface area contributed by atoms with Gasteiger partial charge < -0.3 is 4.57 Å². The van der Waals surface area contributed by atoms with E-state index in [0.717, 1.165) is 11.0 Å². The highest BCUT2D eigenvalue weighted by atomic mass is 32.1. The molecule has 0 fully saturated rings. The lowest BCUT2D eigenvalue weighted by atomic mass is 9.68. The van der Waals surface area contributed by atoms with E-state index in [0.29, 0.717) is 0 Å². The Morgan fingerprint density at radius 3 is 2.00 bits per heavy atom. The van der Waals surface area contributed by atoms with Crippen LogP contribution in [0.5, 0.6) is 0 Å². The monoisotopic (exact) mass is 777 g/mol. The third-order valence-corrected chi connectivity index (χ3v) is 17.0. The zero-order valence-electron chi connectivity index (χ0n) is 32.4. The number of hydrogen-bond donors (Lipinski definition) is 0. The van der Waals surface area contributed by atoms with Gasteiger partial charge in [-0.05, 0) is 105 Å². The molecule has 3 nitrogen and oxygen atoms in total. The summed E-state index contributed by atoms with van der Waals surface area (Å²) in [4.78, 5) is 12.5. The van der Waals surface area contributed by atoms with Gasteiger partial charge in [0.05, 0.1) is 27.8 Å². The predicted octanol–water partition coefficient (Wildman–Crippen LogP) is 14.4. The molecule has 6 aromatic carbocycles. The van der Waals surface area contributed by atoms with Crippen LogP contribution in [-0.4, -0.2) is 14.5 Å².